The molecule has 10 heteroatoms. The average molecular weight is 329 g/mol. The van der Waals surface area contributed by atoms with Crippen LogP contribution in [0.15, 0.2) is 17.2 Å². The summed E-state index contributed by atoms with van der Waals surface area (Å²) in [4.78, 5) is 27.0. The minimum Gasteiger partial charge on any atom is -0.364 e. The molecule has 9 nitrogen and oxygen atoms in total. The van der Waals surface area contributed by atoms with Crippen LogP contribution in [-0.2, 0) is 14.8 Å². The molecule has 1 aliphatic heterocycles. The number of carbonyl (C=O) groups excluding carboxylic acids is 2. The van der Waals surface area contributed by atoms with Crippen molar-refractivity contribution in [3.63, 3.8) is 0 Å². The Balaban J connectivity index is 1.99. The number of sulfonamides is 1. The summed E-state index contributed by atoms with van der Waals surface area (Å²) in [5.74, 6) is -1.05. The van der Waals surface area contributed by atoms with Crippen molar-refractivity contribution in [3.8, 4) is 0 Å². The monoisotopic (exact) mass is 329 g/mol. The number of piperazine rings is 1. The molecule has 0 spiro atoms. The summed E-state index contributed by atoms with van der Waals surface area (Å²) in [5.41, 5.74) is 5.04. The minimum atomic E-state index is -3.88. The molecule has 0 aliphatic carbocycles. The molecule has 2 heterocycles. The predicted octanol–water partition coefficient (Wildman–Crippen LogP) is -1.79. The number of nitrogens with two attached hydrogens (primary N) is 1. The number of primary amides is 1. The fraction of sp³-hybridized carbons (Fsp3) is 0.500. The molecule has 0 saturated carbocycles. The van der Waals surface area contributed by atoms with E-state index in [0.29, 0.717) is 19.6 Å². The first-order valence-corrected chi connectivity index (χ1v) is 8.27. The van der Waals surface area contributed by atoms with Gasteiger partial charge < -0.3 is 20.9 Å². The van der Waals surface area contributed by atoms with Crippen LogP contribution in [0.3, 0.4) is 0 Å². The normalized spacial score (nSPS) is 19.1. The lowest BCUT2D eigenvalue weighted by Crippen LogP contribution is -2.54. The van der Waals surface area contributed by atoms with Gasteiger partial charge in [0.2, 0.25) is 15.9 Å². The number of rotatable bonds is 5. The first-order valence-electron chi connectivity index (χ1n) is 6.79. The highest BCUT2D eigenvalue weighted by Crippen LogP contribution is 2.10. The van der Waals surface area contributed by atoms with Crippen LogP contribution in [0.25, 0.3) is 0 Å². The number of nitrogens with zero attached hydrogens (tertiary/aromatic N) is 1. The van der Waals surface area contributed by atoms with Gasteiger partial charge in [0.25, 0.3) is 5.91 Å². The van der Waals surface area contributed by atoms with Gasteiger partial charge in [-0.3, -0.25) is 9.59 Å². The first-order chi connectivity index (χ1) is 10.3. The summed E-state index contributed by atoms with van der Waals surface area (Å²) in [6.45, 7) is 3.46. The number of H-pyrrole nitrogens is 1. The Bertz CT molecular complexity index is 669. The van der Waals surface area contributed by atoms with Gasteiger partial charge in [-0.1, -0.05) is 0 Å². The maximum absolute atomic E-state index is 12.1. The summed E-state index contributed by atoms with van der Waals surface area (Å²) in [6.07, 6.45) is 1.15. The second-order valence-electron chi connectivity index (χ2n) is 5.08. The molecule has 1 aromatic heterocycles. The third-order valence-electron chi connectivity index (χ3n) is 3.47. The molecule has 22 heavy (non-hydrogen) atoms. The lowest BCUT2D eigenvalue weighted by molar-refractivity contribution is -0.132. The van der Waals surface area contributed by atoms with Crippen LogP contribution in [0, 0.1) is 0 Å². The lowest BCUT2D eigenvalue weighted by Gasteiger charge is -2.34. The van der Waals surface area contributed by atoms with E-state index in [4.69, 9.17) is 5.73 Å². The quantitative estimate of drug-likeness (QED) is 0.506. The van der Waals surface area contributed by atoms with E-state index in [9.17, 15) is 18.0 Å². The summed E-state index contributed by atoms with van der Waals surface area (Å²) >= 11 is 0. The van der Waals surface area contributed by atoms with Gasteiger partial charge in [-0.2, -0.15) is 0 Å². The van der Waals surface area contributed by atoms with Gasteiger partial charge >= 0.3 is 0 Å². The smallest absolute Gasteiger partial charge is 0.265 e. The molecule has 1 saturated heterocycles. The second-order valence-corrected chi connectivity index (χ2v) is 6.85. The molecule has 2 amide bonds. The van der Waals surface area contributed by atoms with Crippen molar-refractivity contribution in [2.24, 2.45) is 5.73 Å². The molecule has 0 unspecified atom stereocenters. The van der Waals surface area contributed by atoms with Crippen molar-refractivity contribution in [2.75, 3.05) is 26.2 Å². The molecule has 1 fully saturated rings. The van der Waals surface area contributed by atoms with E-state index in [1.165, 1.54) is 0 Å². The number of carbonyl (C=O) groups is 2. The molecule has 1 aromatic rings. The Morgan fingerprint density at radius 1 is 1.50 bits per heavy atom. The van der Waals surface area contributed by atoms with Crippen LogP contribution >= 0.6 is 0 Å². The Hall–Kier alpha value is -1.91. The zero-order valence-corrected chi connectivity index (χ0v) is 12.9. The highest BCUT2D eigenvalue weighted by atomic mass is 32.2. The number of hydrogen-bond acceptors (Lipinski definition) is 5. The van der Waals surface area contributed by atoms with Gasteiger partial charge in [-0.15, -0.1) is 0 Å². The summed E-state index contributed by atoms with van der Waals surface area (Å²) in [5, 5.41) is 3.15. The molecule has 0 radical (unpaired) electrons. The molecule has 0 bridgehead atoms. The van der Waals surface area contributed by atoms with Crippen molar-refractivity contribution in [1.29, 1.82) is 0 Å². The number of amides is 2. The van der Waals surface area contributed by atoms with Crippen LogP contribution < -0.4 is 15.8 Å². The molecule has 1 atom stereocenters. The molecular weight excluding hydrogens is 310 g/mol. The third kappa shape index (κ3) is 3.64. The molecule has 1 aliphatic rings. The zero-order chi connectivity index (χ0) is 16.3. The maximum Gasteiger partial charge on any atom is 0.265 e. The third-order valence-corrected chi connectivity index (χ3v) is 4.85. The van der Waals surface area contributed by atoms with Gasteiger partial charge in [0.1, 0.15) is 10.6 Å². The van der Waals surface area contributed by atoms with Crippen LogP contribution in [-0.4, -0.2) is 62.3 Å². The van der Waals surface area contributed by atoms with Crippen molar-refractivity contribution < 1.29 is 18.0 Å². The fourth-order valence-corrected chi connectivity index (χ4v) is 3.19. The Morgan fingerprint density at radius 3 is 2.82 bits per heavy atom. The van der Waals surface area contributed by atoms with Crippen molar-refractivity contribution in [2.45, 2.75) is 17.9 Å². The Labute approximate surface area is 128 Å². The van der Waals surface area contributed by atoms with Gasteiger partial charge in [0.05, 0.1) is 6.54 Å². The zero-order valence-electron chi connectivity index (χ0n) is 12.1. The van der Waals surface area contributed by atoms with E-state index in [2.05, 4.69) is 15.0 Å². The summed E-state index contributed by atoms with van der Waals surface area (Å²) in [6, 6.07) is 1.14. The SMILES string of the molecule is C[C@@H]1CNCCN1C(=O)CNS(=O)(=O)c1c[nH]c(C(N)=O)c1. The number of aromatic nitrogens is 1. The minimum absolute atomic E-state index is 0.0116. The molecular formula is C12H19N5O4S. The highest BCUT2D eigenvalue weighted by molar-refractivity contribution is 7.89. The number of nitrogens with one attached hydrogen (secondary N) is 3. The van der Waals surface area contributed by atoms with E-state index in [1.54, 1.807) is 4.90 Å². The van der Waals surface area contributed by atoms with Gasteiger partial charge in [-0.05, 0) is 13.0 Å². The first kappa shape index (κ1) is 16.5. The fourth-order valence-electron chi connectivity index (χ4n) is 2.23. The lowest BCUT2D eigenvalue weighted by atomic mass is 10.2. The molecule has 0 aromatic carbocycles. The van der Waals surface area contributed by atoms with Crippen molar-refractivity contribution in [1.82, 2.24) is 19.9 Å². The average Bonchev–Trinajstić information content (AvgIpc) is 2.96. The second kappa shape index (κ2) is 6.46. The van der Waals surface area contributed by atoms with Crippen molar-refractivity contribution in [3.05, 3.63) is 18.0 Å². The van der Waals surface area contributed by atoms with Crippen LogP contribution in [0.2, 0.25) is 0 Å². The van der Waals surface area contributed by atoms with Gasteiger partial charge in [0.15, 0.2) is 0 Å². The molecule has 2 rings (SSSR count). The summed E-state index contributed by atoms with van der Waals surface area (Å²) < 4.78 is 26.4. The van der Waals surface area contributed by atoms with E-state index in [-0.39, 0.29) is 29.1 Å². The Kier molecular flexibility index (Phi) is 4.84. The largest absolute Gasteiger partial charge is 0.364 e. The van der Waals surface area contributed by atoms with E-state index in [1.807, 2.05) is 6.92 Å². The van der Waals surface area contributed by atoms with Gasteiger partial charge in [-0.25, -0.2) is 13.1 Å². The molecule has 5 N–H and O–H groups in total. The van der Waals surface area contributed by atoms with E-state index >= 15 is 0 Å². The molecule has 122 valence electrons. The number of hydrogen-bond donors (Lipinski definition) is 4. The van der Waals surface area contributed by atoms with Crippen molar-refractivity contribution >= 4 is 21.8 Å². The van der Waals surface area contributed by atoms with E-state index < -0.39 is 15.9 Å². The van der Waals surface area contributed by atoms with Crippen LogP contribution in [0.1, 0.15) is 17.4 Å². The standard InChI is InChI=1S/C12H19N5O4S/c1-8-5-14-2-3-17(8)11(18)7-16-22(20,21)9-4-10(12(13)19)15-6-9/h4,6,8,14-16H,2-3,5,7H2,1H3,(H2,13,19)/t8-/m1/s1. The predicted molar refractivity (Wildman–Crippen MR) is 78.5 cm³/mol. The van der Waals surface area contributed by atoms with E-state index in [0.717, 1.165) is 12.3 Å². The highest BCUT2D eigenvalue weighted by Gasteiger charge is 2.25. The topological polar surface area (TPSA) is 137 Å². The maximum atomic E-state index is 12.1. The van der Waals surface area contributed by atoms with Crippen LogP contribution in [0.5, 0.6) is 0 Å². The Morgan fingerprint density at radius 2 is 2.23 bits per heavy atom. The van der Waals surface area contributed by atoms with Gasteiger partial charge in [0, 0.05) is 31.9 Å². The summed E-state index contributed by atoms with van der Waals surface area (Å²) in [7, 11) is -3.88. The van der Waals surface area contributed by atoms with Crippen LogP contribution in [0.4, 0.5) is 0 Å². The number of aromatic amines is 1.